The van der Waals surface area contributed by atoms with Crippen molar-refractivity contribution >= 4 is 0 Å². The molecule has 0 aromatic heterocycles. The molecule has 0 spiro atoms. The van der Waals surface area contributed by atoms with Crippen molar-refractivity contribution in [2.24, 2.45) is 5.92 Å². The van der Waals surface area contributed by atoms with Crippen LogP contribution in [-0.4, -0.2) is 25.1 Å². The molecule has 1 aliphatic rings. The first kappa shape index (κ1) is 15.2. The molecule has 20 heavy (non-hydrogen) atoms. The van der Waals surface area contributed by atoms with E-state index in [-0.39, 0.29) is 12.0 Å². The lowest BCUT2D eigenvalue weighted by molar-refractivity contribution is -0.193. The van der Waals surface area contributed by atoms with E-state index >= 15 is 0 Å². The van der Waals surface area contributed by atoms with E-state index in [1.807, 2.05) is 24.3 Å². The van der Waals surface area contributed by atoms with Gasteiger partial charge in [0.1, 0.15) is 5.60 Å². The third-order valence-electron chi connectivity index (χ3n) is 4.20. The molecule has 1 saturated heterocycles. The van der Waals surface area contributed by atoms with Crippen LogP contribution in [0.2, 0.25) is 0 Å². The van der Waals surface area contributed by atoms with E-state index in [1.54, 1.807) is 7.11 Å². The average Bonchev–Trinajstić information content (AvgIpc) is 2.78. The first-order chi connectivity index (χ1) is 9.67. The largest absolute Gasteiger partial charge is 0.361 e. The van der Waals surface area contributed by atoms with Gasteiger partial charge in [0.2, 0.25) is 0 Å². The third-order valence-corrected chi connectivity index (χ3v) is 4.20. The van der Waals surface area contributed by atoms with Crippen molar-refractivity contribution in [1.29, 1.82) is 0 Å². The highest BCUT2D eigenvalue weighted by Gasteiger charge is 2.53. The fourth-order valence-electron chi connectivity index (χ4n) is 2.90. The second kappa shape index (κ2) is 6.53. The molecule has 0 bridgehead atoms. The molecule has 3 nitrogen and oxygen atoms in total. The zero-order valence-corrected chi connectivity index (χ0v) is 12.5. The van der Waals surface area contributed by atoms with Crippen molar-refractivity contribution in [3.8, 4) is 0 Å². The third kappa shape index (κ3) is 2.66. The Morgan fingerprint density at radius 3 is 2.60 bits per heavy atom. The Bertz CT molecular complexity index is 427. The summed E-state index contributed by atoms with van der Waals surface area (Å²) in [4.78, 5) is 0. The van der Waals surface area contributed by atoms with Crippen LogP contribution in [0.4, 0.5) is 0 Å². The van der Waals surface area contributed by atoms with Crippen LogP contribution in [0.15, 0.2) is 43.0 Å². The second-order valence-corrected chi connectivity index (χ2v) is 5.27. The molecule has 0 amide bonds. The number of ether oxygens (including phenoxy) is 3. The van der Waals surface area contributed by atoms with Gasteiger partial charge in [0.25, 0.3) is 0 Å². The molecular formula is C17H24O3. The Kier molecular flexibility index (Phi) is 4.97. The van der Waals surface area contributed by atoms with Crippen molar-refractivity contribution in [2.75, 3.05) is 7.11 Å². The van der Waals surface area contributed by atoms with E-state index in [0.29, 0.717) is 6.61 Å². The monoisotopic (exact) mass is 276 g/mol. The van der Waals surface area contributed by atoms with E-state index in [1.165, 1.54) is 0 Å². The summed E-state index contributed by atoms with van der Waals surface area (Å²) in [6.07, 6.45) is 2.51. The number of rotatable bonds is 6. The minimum atomic E-state index is -0.592. The first-order valence-electron chi connectivity index (χ1n) is 7.17. The molecule has 0 saturated carbocycles. The van der Waals surface area contributed by atoms with Crippen LogP contribution in [0, 0.1) is 5.92 Å². The summed E-state index contributed by atoms with van der Waals surface area (Å²) >= 11 is 0. The summed E-state index contributed by atoms with van der Waals surface area (Å²) in [7, 11) is 1.65. The molecule has 110 valence electrons. The van der Waals surface area contributed by atoms with Crippen LogP contribution < -0.4 is 0 Å². The Balaban J connectivity index is 2.16. The Hall–Kier alpha value is -1.16. The summed E-state index contributed by atoms with van der Waals surface area (Å²) < 4.78 is 17.6. The SMILES string of the molecule is C=C[C@]1(OCc2ccccc2)[C@@H](OC)O[C@H](CC)[C@H]1C. The molecule has 1 fully saturated rings. The van der Waals surface area contributed by atoms with Crippen molar-refractivity contribution < 1.29 is 14.2 Å². The molecule has 0 aliphatic carbocycles. The first-order valence-corrected chi connectivity index (χ1v) is 7.17. The number of hydrogen-bond acceptors (Lipinski definition) is 3. The van der Waals surface area contributed by atoms with Gasteiger partial charge >= 0.3 is 0 Å². The van der Waals surface area contributed by atoms with Gasteiger partial charge in [-0.1, -0.05) is 50.3 Å². The van der Waals surface area contributed by atoms with Crippen LogP contribution in [0.25, 0.3) is 0 Å². The topological polar surface area (TPSA) is 27.7 Å². The lowest BCUT2D eigenvalue weighted by Gasteiger charge is -2.33. The standard InChI is InChI=1S/C17H24O3/c1-5-15-13(3)17(6-2,16(18-4)20-15)19-12-14-10-8-7-9-11-14/h6-11,13,15-16H,2,5,12H2,1,3-4H3/t13-,15-,16+,17-/m1/s1. The Morgan fingerprint density at radius 1 is 1.35 bits per heavy atom. The van der Waals surface area contributed by atoms with Gasteiger partial charge in [-0.2, -0.15) is 0 Å². The molecule has 1 aliphatic heterocycles. The summed E-state index contributed by atoms with van der Waals surface area (Å²) in [6.45, 7) is 8.74. The smallest absolute Gasteiger partial charge is 0.190 e. The molecule has 2 rings (SSSR count). The number of methoxy groups -OCH3 is 1. The number of benzene rings is 1. The van der Waals surface area contributed by atoms with E-state index in [9.17, 15) is 0 Å². The summed E-state index contributed by atoms with van der Waals surface area (Å²) in [6, 6.07) is 10.1. The van der Waals surface area contributed by atoms with Crippen LogP contribution >= 0.6 is 0 Å². The Labute approximate surface area is 121 Å². The van der Waals surface area contributed by atoms with Crippen LogP contribution in [-0.2, 0) is 20.8 Å². The molecule has 1 aromatic rings. The summed E-state index contributed by atoms with van der Waals surface area (Å²) in [5.74, 6) is 0.207. The van der Waals surface area contributed by atoms with Crippen LogP contribution in [0.3, 0.4) is 0 Å². The van der Waals surface area contributed by atoms with Gasteiger partial charge in [0, 0.05) is 13.0 Å². The van der Waals surface area contributed by atoms with Crippen molar-refractivity contribution in [3.05, 3.63) is 48.6 Å². The van der Waals surface area contributed by atoms with E-state index in [2.05, 4.69) is 32.6 Å². The fraction of sp³-hybridized carbons (Fsp3) is 0.529. The quantitative estimate of drug-likeness (QED) is 0.744. The Morgan fingerprint density at radius 2 is 2.05 bits per heavy atom. The highest BCUT2D eigenvalue weighted by molar-refractivity contribution is 5.15. The van der Waals surface area contributed by atoms with Crippen molar-refractivity contribution in [2.45, 2.75) is 44.9 Å². The molecule has 0 N–H and O–H groups in total. The lowest BCUT2D eigenvalue weighted by Crippen LogP contribution is -2.45. The van der Waals surface area contributed by atoms with Crippen LogP contribution in [0.1, 0.15) is 25.8 Å². The van der Waals surface area contributed by atoms with Gasteiger partial charge in [-0.15, -0.1) is 6.58 Å². The molecule has 0 unspecified atom stereocenters. The molecule has 1 aromatic carbocycles. The average molecular weight is 276 g/mol. The van der Waals surface area contributed by atoms with Gasteiger partial charge < -0.3 is 14.2 Å². The second-order valence-electron chi connectivity index (χ2n) is 5.27. The maximum Gasteiger partial charge on any atom is 0.190 e. The van der Waals surface area contributed by atoms with E-state index in [0.717, 1.165) is 12.0 Å². The van der Waals surface area contributed by atoms with Gasteiger partial charge in [0.05, 0.1) is 12.7 Å². The van der Waals surface area contributed by atoms with Crippen molar-refractivity contribution in [3.63, 3.8) is 0 Å². The number of hydrogen-bond donors (Lipinski definition) is 0. The van der Waals surface area contributed by atoms with Gasteiger partial charge in [0.15, 0.2) is 6.29 Å². The highest BCUT2D eigenvalue weighted by Crippen LogP contribution is 2.42. The van der Waals surface area contributed by atoms with E-state index in [4.69, 9.17) is 14.2 Å². The lowest BCUT2D eigenvalue weighted by atomic mass is 9.85. The zero-order chi connectivity index (χ0) is 14.6. The van der Waals surface area contributed by atoms with Gasteiger partial charge in [-0.3, -0.25) is 0 Å². The maximum atomic E-state index is 6.21. The molecular weight excluding hydrogens is 252 g/mol. The van der Waals surface area contributed by atoms with Gasteiger partial charge in [-0.05, 0) is 12.0 Å². The van der Waals surface area contributed by atoms with Crippen molar-refractivity contribution in [1.82, 2.24) is 0 Å². The molecule has 4 atom stereocenters. The minimum absolute atomic E-state index is 0.133. The molecule has 1 heterocycles. The predicted octanol–water partition coefficient (Wildman–Crippen LogP) is 3.55. The van der Waals surface area contributed by atoms with Crippen LogP contribution in [0.5, 0.6) is 0 Å². The summed E-state index contributed by atoms with van der Waals surface area (Å²) in [5, 5.41) is 0. The normalized spacial score (nSPS) is 33.2. The highest BCUT2D eigenvalue weighted by atomic mass is 16.7. The minimum Gasteiger partial charge on any atom is -0.361 e. The zero-order valence-electron chi connectivity index (χ0n) is 12.5. The van der Waals surface area contributed by atoms with E-state index < -0.39 is 11.9 Å². The molecule has 0 radical (unpaired) electrons. The predicted molar refractivity (Wildman–Crippen MR) is 79.3 cm³/mol. The maximum absolute atomic E-state index is 6.21. The summed E-state index contributed by atoms with van der Waals surface area (Å²) in [5.41, 5.74) is 0.543. The van der Waals surface area contributed by atoms with Gasteiger partial charge in [-0.25, -0.2) is 0 Å². The fourth-order valence-corrected chi connectivity index (χ4v) is 2.90. The molecule has 3 heteroatoms.